The molecule has 160 valence electrons. The Hall–Kier alpha value is -2.24. The van der Waals surface area contributed by atoms with E-state index in [1.54, 1.807) is 6.07 Å². The topological polar surface area (TPSA) is 76.1 Å². The average molecular weight is 404 g/mol. The summed E-state index contributed by atoms with van der Waals surface area (Å²) in [4.78, 5) is 25.7. The number of nitrogens with zero attached hydrogens (tertiary/aromatic N) is 1. The van der Waals surface area contributed by atoms with Crippen LogP contribution in [0.3, 0.4) is 0 Å². The molecule has 1 saturated heterocycles. The number of amides is 1. The van der Waals surface area contributed by atoms with Crippen molar-refractivity contribution in [1.29, 1.82) is 0 Å². The lowest BCUT2D eigenvalue weighted by Crippen LogP contribution is -2.40. The number of likely N-dealkylation sites (tertiary alicyclic amines) is 1. The Balaban J connectivity index is 1.57. The van der Waals surface area contributed by atoms with Gasteiger partial charge in [-0.2, -0.15) is 0 Å². The zero-order valence-corrected chi connectivity index (χ0v) is 17.6. The maximum absolute atomic E-state index is 12.6. The van der Waals surface area contributed by atoms with E-state index >= 15 is 0 Å². The van der Waals surface area contributed by atoms with Crippen molar-refractivity contribution >= 4 is 12.1 Å². The lowest BCUT2D eigenvalue weighted by atomic mass is 9.90. The van der Waals surface area contributed by atoms with Gasteiger partial charge >= 0.3 is 12.1 Å². The number of aliphatic carboxylic acids is 1. The molecule has 2 aliphatic rings. The van der Waals surface area contributed by atoms with Gasteiger partial charge in [-0.05, 0) is 63.1 Å². The minimum Gasteiger partial charge on any atom is -0.478 e. The zero-order chi connectivity index (χ0) is 20.9. The first-order chi connectivity index (χ1) is 13.8. The maximum Gasteiger partial charge on any atom is 0.409 e. The molecule has 1 atom stereocenters. The Morgan fingerprint density at radius 1 is 1.14 bits per heavy atom. The molecule has 6 nitrogen and oxygen atoms in total. The van der Waals surface area contributed by atoms with Crippen molar-refractivity contribution in [3.63, 3.8) is 0 Å². The predicted molar refractivity (Wildman–Crippen MR) is 110 cm³/mol. The van der Waals surface area contributed by atoms with Gasteiger partial charge in [0.1, 0.15) is 5.75 Å². The number of benzene rings is 1. The predicted octanol–water partition coefficient (Wildman–Crippen LogP) is 4.82. The number of rotatable bonds is 6. The Morgan fingerprint density at radius 2 is 1.90 bits per heavy atom. The van der Waals surface area contributed by atoms with Crippen molar-refractivity contribution in [3.8, 4) is 5.75 Å². The minimum atomic E-state index is -1.29. The van der Waals surface area contributed by atoms with Gasteiger partial charge in [-0.25, -0.2) is 9.59 Å². The third-order valence-corrected chi connectivity index (χ3v) is 6.06. The van der Waals surface area contributed by atoms with Gasteiger partial charge in [0.05, 0.1) is 6.61 Å². The summed E-state index contributed by atoms with van der Waals surface area (Å²) in [6, 6.07) is 7.56. The summed E-state index contributed by atoms with van der Waals surface area (Å²) in [5.41, 5.74) is -0.228. The summed E-state index contributed by atoms with van der Waals surface area (Å²) in [5.74, 6) is 0.238. The third-order valence-electron chi connectivity index (χ3n) is 6.06. The first-order valence-electron chi connectivity index (χ1n) is 10.8. The van der Waals surface area contributed by atoms with Crippen molar-refractivity contribution in [2.75, 3.05) is 19.7 Å². The van der Waals surface area contributed by atoms with E-state index in [0.29, 0.717) is 24.8 Å². The Labute approximate surface area is 173 Å². The fourth-order valence-corrected chi connectivity index (χ4v) is 4.22. The minimum absolute atomic E-state index is 0.197. The molecule has 0 spiro atoms. The van der Waals surface area contributed by atoms with E-state index in [0.717, 1.165) is 37.8 Å². The van der Waals surface area contributed by atoms with Gasteiger partial charge in [0.25, 0.3) is 0 Å². The van der Waals surface area contributed by atoms with Crippen molar-refractivity contribution in [2.45, 2.75) is 70.3 Å². The number of carbonyl (C=O) groups is 2. The summed E-state index contributed by atoms with van der Waals surface area (Å²) < 4.78 is 11.3. The molecular weight excluding hydrogens is 370 g/mol. The van der Waals surface area contributed by atoms with Crippen molar-refractivity contribution < 1.29 is 24.2 Å². The van der Waals surface area contributed by atoms with Crippen LogP contribution < -0.4 is 4.74 Å². The van der Waals surface area contributed by atoms with Crippen LogP contribution in [-0.4, -0.2) is 47.4 Å². The normalized spacial score (nSPS) is 20.9. The van der Waals surface area contributed by atoms with Crippen LogP contribution in [0.1, 0.15) is 70.3 Å². The number of hydrogen-bond acceptors (Lipinski definition) is 4. The van der Waals surface area contributed by atoms with Gasteiger partial charge in [-0.3, -0.25) is 0 Å². The summed E-state index contributed by atoms with van der Waals surface area (Å²) in [5, 5.41) is 9.28. The molecule has 1 N–H and O–H groups in total. The summed E-state index contributed by atoms with van der Waals surface area (Å²) in [7, 11) is 0. The monoisotopic (exact) mass is 403 g/mol. The zero-order valence-electron chi connectivity index (χ0n) is 17.6. The van der Waals surface area contributed by atoms with E-state index < -0.39 is 11.6 Å². The molecule has 1 aromatic carbocycles. The highest BCUT2D eigenvalue weighted by Crippen LogP contribution is 2.31. The molecule has 0 bridgehead atoms. The van der Waals surface area contributed by atoms with Crippen LogP contribution in [0.15, 0.2) is 24.3 Å². The van der Waals surface area contributed by atoms with Crippen molar-refractivity contribution in [1.82, 2.24) is 4.90 Å². The molecule has 1 amide bonds. The fourth-order valence-electron chi connectivity index (χ4n) is 4.22. The largest absolute Gasteiger partial charge is 0.478 e. The number of carbonyl (C=O) groups excluding carboxylic acids is 1. The Kier molecular flexibility index (Phi) is 7.04. The van der Waals surface area contributed by atoms with E-state index in [4.69, 9.17) is 9.47 Å². The molecule has 29 heavy (non-hydrogen) atoms. The Morgan fingerprint density at radius 3 is 2.62 bits per heavy atom. The highest BCUT2D eigenvalue weighted by Gasteiger charge is 2.30. The molecule has 0 aromatic heterocycles. The molecule has 1 unspecified atom stereocenters. The van der Waals surface area contributed by atoms with Crippen LogP contribution in [0, 0.1) is 5.92 Å². The van der Waals surface area contributed by atoms with Gasteiger partial charge in [-0.15, -0.1) is 0 Å². The molecule has 2 fully saturated rings. The van der Waals surface area contributed by atoms with Crippen LogP contribution in [-0.2, 0) is 9.53 Å². The van der Waals surface area contributed by atoms with E-state index in [9.17, 15) is 14.7 Å². The smallest absolute Gasteiger partial charge is 0.409 e. The molecule has 6 heteroatoms. The van der Waals surface area contributed by atoms with E-state index in [2.05, 4.69) is 0 Å². The van der Waals surface area contributed by atoms with Gasteiger partial charge in [0.15, 0.2) is 5.60 Å². The SMILES string of the molecule is CC(C)(Oc1cccc(C2CCCN(C(=O)OCC3CCCCC3)C2)c1)C(=O)O. The number of carboxylic acids is 1. The number of piperidine rings is 1. The third kappa shape index (κ3) is 5.87. The molecule has 1 heterocycles. The van der Waals surface area contributed by atoms with Gasteiger partial charge < -0.3 is 19.5 Å². The molecular formula is C23H33NO5. The van der Waals surface area contributed by atoms with Gasteiger partial charge in [-0.1, -0.05) is 31.4 Å². The highest BCUT2D eigenvalue weighted by molar-refractivity contribution is 5.76. The van der Waals surface area contributed by atoms with E-state index in [1.807, 2.05) is 23.1 Å². The number of carboxylic acid groups (broad SMARTS) is 1. The first kappa shape index (κ1) is 21.5. The second-order valence-electron chi connectivity index (χ2n) is 8.86. The second kappa shape index (κ2) is 9.51. The number of hydrogen-bond donors (Lipinski definition) is 1. The summed E-state index contributed by atoms with van der Waals surface area (Å²) in [6.07, 6.45) is 7.80. The van der Waals surface area contributed by atoms with Gasteiger partial charge in [0.2, 0.25) is 0 Å². The van der Waals surface area contributed by atoms with Crippen LogP contribution >= 0.6 is 0 Å². The first-order valence-corrected chi connectivity index (χ1v) is 10.8. The molecule has 1 aliphatic carbocycles. The second-order valence-corrected chi connectivity index (χ2v) is 8.86. The van der Waals surface area contributed by atoms with Crippen molar-refractivity contribution in [3.05, 3.63) is 29.8 Å². The van der Waals surface area contributed by atoms with Crippen molar-refractivity contribution in [2.24, 2.45) is 5.92 Å². The average Bonchev–Trinajstić information content (AvgIpc) is 2.72. The van der Waals surface area contributed by atoms with Crippen LogP contribution in [0.5, 0.6) is 5.75 Å². The molecule has 3 rings (SSSR count). The lowest BCUT2D eigenvalue weighted by Gasteiger charge is -2.33. The Bertz CT molecular complexity index is 711. The maximum atomic E-state index is 12.6. The van der Waals surface area contributed by atoms with Gasteiger partial charge in [0, 0.05) is 19.0 Å². The quantitative estimate of drug-likeness (QED) is 0.737. The number of ether oxygens (including phenoxy) is 2. The summed E-state index contributed by atoms with van der Waals surface area (Å²) >= 11 is 0. The van der Waals surface area contributed by atoms with E-state index in [-0.39, 0.29) is 12.0 Å². The standard InChI is InChI=1S/C23H33NO5/c1-23(2,21(25)26)29-20-12-6-10-18(14-20)19-11-7-13-24(15-19)22(27)28-16-17-8-4-3-5-9-17/h6,10,12,14,17,19H,3-5,7-9,11,13,15-16H2,1-2H3,(H,25,26). The lowest BCUT2D eigenvalue weighted by molar-refractivity contribution is -0.152. The molecule has 0 radical (unpaired) electrons. The van der Waals surface area contributed by atoms with Crippen LogP contribution in [0.4, 0.5) is 4.79 Å². The van der Waals surface area contributed by atoms with E-state index in [1.165, 1.54) is 33.1 Å². The fraction of sp³-hybridized carbons (Fsp3) is 0.652. The summed E-state index contributed by atoms with van der Waals surface area (Å²) in [6.45, 7) is 4.95. The van der Waals surface area contributed by atoms with Crippen LogP contribution in [0.2, 0.25) is 0 Å². The molecule has 1 aromatic rings. The molecule has 1 saturated carbocycles. The van der Waals surface area contributed by atoms with Crippen LogP contribution in [0.25, 0.3) is 0 Å². The highest BCUT2D eigenvalue weighted by atomic mass is 16.6. The molecule has 1 aliphatic heterocycles.